The van der Waals surface area contributed by atoms with Crippen molar-refractivity contribution in [2.24, 2.45) is 0 Å². The maximum Gasteiger partial charge on any atom is 0.146 e. The van der Waals surface area contributed by atoms with E-state index < -0.39 is 0 Å². The number of methoxy groups -OCH3 is 1. The van der Waals surface area contributed by atoms with Crippen LogP contribution >= 0.6 is 0 Å². The summed E-state index contributed by atoms with van der Waals surface area (Å²) in [5.41, 5.74) is 1.77. The number of benzene rings is 3. The van der Waals surface area contributed by atoms with Crippen LogP contribution in [0.4, 0.5) is 10.1 Å². The standard InChI is InChI=1S/C20H20FNO/c1-14(13-22-20-6-4-3-5-19(20)21)15-7-8-17-12-18(23-2)10-9-16(17)11-15/h3-12,14,22H,13H2,1-2H3. The van der Waals surface area contributed by atoms with E-state index in [1.54, 1.807) is 19.2 Å². The Labute approximate surface area is 135 Å². The van der Waals surface area contributed by atoms with Crippen LogP contribution < -0.4 is 10.1 Å². The molecule has 118 valence electrons. The zero-order valence-corrected chi connectivity index (χ0v) is 13.3. The molecule has 1 unspecified atom stereocenters. The lowest BCUT2D eigenvalue weighted by atomic mass is 9.97. The fraction of sp³-hybridized carbons (Fsp3) is 0.200. The molecule has 0 saturated heterocycles. The third-order valence-electron chi connectivity index (χ3n) is 4.11. The molecule has 23 heavy (non-hydrogen) atoms. The molecule has 0 amide bonds. The molecule has 0 aliphatic rings. The maximum absolute atomic E-state index is 13.6. The first kappa shape index (κ1) is 15.3. The Morgan fingerprint density at radius 3 is 2.52 bits per heavy atom. The molecule has 0 bridgehead atoms. The van der Waals surface area contributed by atoms with Gasteiger partial charge in [0.2, 0.25) is 0 Å². The minimum Gasteiger partial charge on any atom is -0.497 e. The van der Waals surface area contributed by atoms with Crippen LogP contribution in [0.1, 0.15) is 18.4 Å². The van der Waals surface area contributed by atoms with Crippen LogP contribution in [0.5, 0.6) is 5.75 Å². The van der Waals surface area contributed by atoms with E-state index in [4.69, 9.17) is 4.74 Å². The van der Waals surface area contributed by atoms with Crippen LogP contribution in [0.15, 0.2) is 60.7 Å². The van der Waals surface area contributed by atoms with Crippen molar-refractivity contribution in [1.82, 2.24) is 0 Å². The summed E-state index contributed by atoms with van der Waals surface area (Å²) >= 11 is 0. The Kier molecular flexibility index (Phi) is 4.47. The summed E-state index contributed by atoms with van der Waals surface area (Å²) in [4.78, 5) is 0. The second-order valence-electron chi connectivity index (χ2n) is 5.73. The van der Waals surface area contributed by atoms with E-state index >= 15 is 0 Å². The summed E-state index contributed by atoms with van der Waals surface area (Å²) < 4.78 is 18.9. The Hall–Kier alpha value is -2.55. The van der Waals surface area contributed by atoms with E-state index in [9.17, 15) is 4.39 Å². The van der Waals surface area contributed by atoms with Crippen molar-refractivity contribution in [2.75, 3.05) is 19.0 Å². The van der Waals surface area contributed by atoms with Crippen molar-refractivity contribution >= 4 is 16.5 Å². The molecule has 0 radical (unpaired) electrons. The molecule has 1 atom stereocenters. The predicted octanol–water partition coefficient (Wildman–Crippen LogP) is 5.20. The van der Waals surface area contributed by atoms with E-state index in [1.807, 2.05) is 18.2 Å². The first-order valence-corrected chi connectivity index (χ1v) is 7.73. The monoisotopic (exact) mass is 309 g/mol. The number of ether oxygens (including phenoxy) is 1. The molecular formula is C20H20FNO. The van der Waals surface area contributed by atoms with Gasteiger partial charge in [0.1, 0.15) is 11.6 Å². The minimum atomic E-state index is -0.217. The molecule has 0 saturated carbocycles. The van der Waals surface area contributed by atoms with E-state index in [1.165, 1.54) is 17.0 Å². The normalized spacial score (nSPS) is 12.1. The molecule has 3 aromatic rings. The molecule has 0 aromatic heterocycles. The van der Waals surface area contributed by atoms with Crippen molar-refractivity contribution < 1.29 is 9.13 Å². The number of rotatable bonds is 5. The third-order valence-corrected chi connectivity index (χ3v) is 4.11. The summed E-state index contributed by atoms with van der Waals surface area (Å²) in [6, 6.07) is 19.2. The SMILES string of the molecule is COc1ccc2cc(C(C)CNc3ccccc3F)ccc2c1. The Morgan fingerprint density at radius 2 is 1.74 bits per heavy atom. The summed E-state index contributed by atoms with van der Waals surface area (Å²) in [6.45, 7) is 2.82. The lowest BCUT2D eigenvalue weighted by molar-refractivity contribution is 0.415. The first-order chi connectivity index (χ1) is 11.2. The highest BCUT2D eigenvalue weighted by atomic mass is 19.1. The van der Waals surface area contributed by atoms with E-state index in [-0.39, 0.29) is 11.7 Å². The van der Waals surface area contributed by atoms with Crippen LogP contribution in [0.2, 0.25) is 0 Å². The zero-order valence-electron chi connectivity index (χ0n) is 13.3. The number of halogens is 1. The van der Waals surface area contributed by atoms with Crippen LogP contribution in [-0.4, -0.2) is 13.7 Å². The maximum atomic E-state index is 13.6. The molecule has 2 nitrogen and oxygen atoms in total. The molecule has 0 aliphatic carbocycles. The largest absolute Gasteiger partial charge is 0.497 e. The summed E-state index contributed by atoms with van der Waals surface area (Å²) in [5, 5.41) is 5.52. The predicted molar refractivity (Wildman–Crippen MR) is 93.8 cm³/mol. The van der Waals surface area contributed by atoms with Gasteiger partial charge in [0.25, 0.3) is 0 Å². The van der Waals surface area contributed by atoms with Crippen molar-refractivity contribution in [3.63, 3.8) is 0 Å². The van der Waals surface area contributed by atoms with Gasteiger partial charge in [0, 0.05) is 6.54 Å². The average molecular weight is 309 g/mol. The smallest absolute Gasteiger partial charge is 0.146 e. The van der Waals surface area contributed by atoms with Gasteiger partial charge in [-0.1, -0.05) is 43.3 Å². The Balaban J connectivity index is 1.75. The second kappa shape index (κ2) is 6.69. The molecule has 0 fully saturated rings. The first-order valence-electron chi connectivity index (χ1n) is 7.73. The number of hydrogen-bond acceptors (Lipinski definition) is 2. The van der Waals surface area contributed by atoms with Gasteiger partial charge < -0.3 is 10.1 Å². The Bertz CT molecular complexity index is 816. The molecule has 0 heterocycles. The molecule has 3 aromatic carbocycles. The fourth-order valence-corrected chi connectivity index (χ4v) is 2.66. The lowest BCUT2D eigenvalue weighted by Crippen LogP contribution is -2.10. The van der Waals surface area contributed by atoms with Crippen LogP contribution in [0, 0.1) is 5.82 Å². The minimum absolute atomic E-state index is 0.217. The third kappa shape index (κ3) is 3.45. The fourth-order valence-electron chi connectivity index (χ4n) is 2.66. The van der Waals surface area contributed by atoms with Gasteiger partial charge >= 0.3 is 0 Å². The van der Waals surface area contributed by atoms with Gasteiger partial charge in [-0.2, -0.15) is 0 Å². The second-order valence-corrected chi connectivity index (χ2v) is 5.73. The van der Waals surface area contributed by atoms with Crippen LogP contribution in [0.3, 0.4) is 0 Å². The van der Waals surface area contributed by atoms with Crippen molar-refractivity contribution in [3.8, 4) is 5.75 Å². The molecule has 0 aliphatic heterocycles. The summed E-state index contributed by atoms with van der Waals surface area (Å²) in [7, 11) is 1.67. The van der Waals surface area contributed by atoms with E-state index in [2.05, 4.69) is 36.5 Å². The van der Waals surface area contributed by atoms with Gasteiger partial charge in [-0.05, 0) is 46.5 Å². The summed E-state index contributed by atoms with van der Waals surface area (Å²) in [5.74, 6) is 0.922. The number of para-hydroxylation sites is 1. The van der Waals surface area contributed by atoms with E-state index in [0.717, 1.165) is 11.1 Å². The molecule has 1 N–H and O–H groups in total. The van der Waals surface area contributed by atoms with Gasteiger partial charge in [0.15, 0.2) is 0 Å². The highest BCUT2D eigenvalue weighted by molar-refractivity contribution is 5.84. The molecule has 0 spiro atoms. The van der Waals surface area contributed by atoms with E-state index in [0.29, 0.717) is 12.2 Å². The van der Waals surface area contributed by atoms with Crippen LogP contribution in [0.25, 0.3) is 10.8 Å². The topological polar surface area (TPSA) is 21.3 Å². The molecule has 3 heteroatoms. The average Bonchev–Trinajstić information content (AvgIpc) is 2.59. The van der Waals surface area contributed by atoms with Crippen molar-refractivity contribution in [3.05, 3.63) is 72.0 Å². The Morgan fingerprint density at radius 1 is 1.00 bits per heavy atom. The molecular weight excluding hydrogens is 289 g/mol. The van der Waals surface area contributed by atoms with Crippen molar-refractivity contribution in [1.29, 1.82) is 0 Å². The highest BCUT2D eigenvalue weighted by Gasteiger charge is 2.08. The number of nitrogens with one attached hydrogen (secondary N) is 1. The summed E-state index contributed by atoms with van der Waals surface area (Å²) in [6.07, 6.45) is 0. The van der Waals surface area contributed by atoms with Crippen molar-refractivity contribution in [2.45, 2.75) is 12.8 Å². The lowest BCUT2D eigenvalue weighted by Gasteiger charge is -2.15. The zero-order chi connectivity index (χ0) is 16.2. The highest BCUT2D eigenvalue weighted by Crippen LogP contribution is 2.25. The number of hydrogen-bond donors (Lipinski definition) is 1. The van der Waals surface area contributed by atoms with Gasteiger partial charge in [-0.25, -0.2) is 4.39 Å². The number of anilines is 1. The quantitative estimate of drug-likeness (QED) is 0.699. The van der Waals surface area contributed by atoms with Gasteiger partial charge in [0.05, 0.1) is 12.8 Å². The van der Waals surface area contributed by atoms with Gasteiger partial charge in [-0.15, -0.1) is 0 Å². The van der Waals surface area contributed by atoms with Gasteiger partial charge in [-0.3, -0.25) is 0 Å². The number of fused-ring (bicyclic) bond motifs is 1. The molecule has 3 rings (SSSR count). The van der Waals surface area contributed by atoms with Crippen LogP contribution in [-0.2, 0) is 0 Å².